The molecule has 0 saturated heterocycles. The number of hydrazine groups is 1. The first kappa shape index (κ1) is 15.0. The first-order valence-electron chi connectivity index (χ1n) is 6.22. The first-order chi connectivity index (χ1) is 9.96. The lowest BCUT2D eigenvalue weighted by molar-refractivity contribution is 0.548. The molecule has 112 valence electrons. The average Bonchev–Trinajstić information content (AvgIpc) is 2.44. The van der Waals surface area contributed by atoms with Gasteiger partial charge in [0.1, 0.15) is 29.0 Å². The summed E-state index contributed by atoms with van der Waals surface area (Å²) in [4.78, 5) is 8.29. The van der Waals surface area contributed by atoms with Gasteiger partial charge in [0.15, 0.2) is 11.6 Å². The summed E-state index contributed by atoms with van der Waals surface area (Å²) in [5.74, 6) is 3.24. The number of nitrogens with zero attached hydrogens (tertiary/aromatic N) is 2. The van der Waals surface area contributed by atoms with Crippen molar-refractivity contribution in [3.05, 3.63) is 41.0 Å². The SMILES string of the molecule is CCc1nc(NN)c(C)c(Nc2c(F)cc(F)cc2F)n1. The number of rotatable bonds is 4. The van der Waals surface area contributed by atoms with Gasteiger partial charge in [-0.2, -0.15) is 0 Å². The van der Waals surface area contributed by atoms with E-state index in [1.807, 2.05) is 6.92 Å². The molecule has 0 radical (unpaired) electrons. The zero-order valence-corrected chi connectivity index (χ0v) is 11.5. The van der Waals surface area contributed by atoms with E-state index in [0.29, 0.717) is 35.8 Å². The highest BCUT2D eigenvalue weighted by atomic mass is 19.1. The van der Waals surface area contributed by atoms with Gasteiger partial charge in [-0.15, -0.1) is 0 Å². The van der Waals surface area contributed by atoms with Crippen molar-refractivity contribution in [3.63, 3.8) is 0 Å². The topological polar surface area (TPSA) is 75.9 Å². The summed E-state index contributed by atoms with van der Waals surface area (Å²) in [6.45, 7) is 3.46. The van der Waals surface area contributed by atoms with Crippen molar-refractivity contribution in [2.24, 2.45) is 5.84 Å². The Morgan fingerprint density at radius 1 is 1.10 bits per heavy atom. The second-order valence-electron chi connectivity index (χ2n) is 4.33. The maximum absolute atomic E-state index is 13.7. The number of nitrogens with one attached hydrogen (secondary N) is 2. The van der Waals surface area contributed by atoms with Crippen LogP contribution in [-0.2, 0) is 6.42 Å². The molecule has 2 aromatic rings. The van der Waals surface area contributed by atoms with Crippen LogP contribution in [0.15, 0.2) is 12.1 Å². The number of hydrogen-bond donors (Lipinski definition) is 3. The molecule has 0 fully saturated rings. The second kappa shape index (κ2) is 5.96. The zero-order chi connectivity index (χ0) is 15.6. The monoisotopic (exact) mass is 297 g/mol. The molecular formula is C13H14F3N5. The molecule has 2 rings (SSSR count). The number of benzene rings is 1. The summed E-state index contributed by atoms with van der Waals surface area (Å²) in [7, 11) is 0. The van der Waals surface area contributed by atoms with E-state index in [0.717, 1.165) is 0 Å². The van der Waals surface area contributed by atoms with Crippen LogP contribution >= 0.6 is 0 Å². The molecule has 8 heteroatoms. The molecule has 1 aromatic carbocycles. The summed E-state index contributed by atoms with van der Waals surface area (Å²) in [5, 5.41) is 2.52. The molecule has 0 aliphatic carbocycles. The summed E-state index contributed by atoms with van der Waals surface area (Å²) < 4.78 is 40.2. The number of aryl methyl sites for hydroxylation is 1. The summed E-state index contributed by atoms with van der Waals surface area (Å²) in [6, 6.07) is 1.18. The zero-order valence-electron chi connectivity index (χ0n) is 11.5. The van der Waals surface area contributed by atoms with Crippen LogP contribution in [0.5, 0.6) is 0 Å². The Labute approximate surface area is 119 Å². The minimum Gasteiger partial charge on any atom is -0.335 e. The fraction of sp³-hybridized carbons (Fsp3) is 0.231. The van der Waals surface area contributed by atoms with Crippen LogP contribution in [0.4, 0.5) is 30.5 Å². The Morgan fingerprint density at radius 3 is 2.19 bits per heavy atom. The number of nitrogen functional groups attached to an aromatic ring is 1. The van der Waals surface area contributed by atoms with Crippen LogP contribution in [0.3, 0.4) is 0 Å². The molecule has 0 spiro atoms. The third-order valence-corrected chi connectivity index (χ3v) is 2.90. The predicted molar refractivity (Wildman–Crippen MR) is 73.6 cm³/mol. The summed E-state index contributed by atoms with van der Waals surface area (Å²) in [5.41, 5.74) is 2.40. The smallest absolute Gasteiger partial charge is 0.152 e. The molecule has 1 heterocycles. The number of hydrogen-bond acceptors (Lipinski definition) is 5. The molecular weight excluding hydrogens is 283 g/mol. The third kappa shape index (κ3) is 3.05. The van der Waals surface area contributed by atoms with Crippen LogP contribution in [0.25, 0.3) is 0 Å². The van der Waals surface area contributed by atoms with Crippen LogP contribution in [0.2, 0.25) is 0 Å². The van der Waals surface area contributed by atoms with Gasteiger partial charge < -0.3 is 10.7 Å². The highest BCUT2D eigenvalue weighted by Crippen LogP contribution is 2.27. The largest absolute Gasteiger partial charge is 0.335 e. The quantitative estimate of drug-likeness (QED) is 0.597. The molecule has 0 saturated carbocycles. The normalized spacial score (nSPS) is 10.6. The van der Waals surface area contributed by atoms with Crippen molar-refractivity contribution in [3.8, 4) is 0 Å². The lowest BCUT2D eigenvalue weighted by Crippen LogP contribution is -2.14. The van der Waals surface area contributed by atoms with Gasteiger partial charge in [-0.1, -0.05) is 6.92 Å². The minimum atomic E-state index is -1.05. The lowest BCUT2D eigenvalue weighted by Gasteiger charge is -2.14. The molecule has 0 amide bonds. The summed E-state index contributed by atoms with van der Waals surface area (Å²) in [6.07, 6.45) is 0.512. The van der Waals surface area contributed by atoms with Crippen molar-refractivity contribution in [2.45, 2.75) is 20.3 Å². The molecule has 0 unspecified atom stereocenters. The highest BCUT2D eigenvalue weighted by molar-refractivity contribution is 5.65. The Morgan fingerprint density at radius 2 is 1.67 bits per heavy atom. The Kier molecular flexibility index (Phi) is 4.27. The van der Waals surface area contributed by atoms with Gasteiger partial charge in [0.25, 0.3) is 0 Å². The van der Waals surface area contributed by atoms with Gasteiger partial charge in [-0.3, -0.25) is 0 Å². The van der Waals surface area contributed by atoms with E-state index < -0.39 is 23.1 Å². The lowest BCUT2D eigenvalue weighted by atomic mass is 10.2. The fourth-order valence-corrected chi connectivity index (χ4v) is 1.76. The Bertz CT molecular complexity index is 652. The predicted octanol–water partition coefficient (Wildman–Crippen LogP) is 2.79. The average molecular weight is 297 g/mol. The van der Waals surface area contributed by atoms with Gasteiger partial charge in [-0.25, -0.2) is 29.0 Å². The van der Waals surface area contributed by atoms with Crippen molar-refractivity contribution < 1.29 is 13.2 Å². The van der Waals surface area contributed by atoms with E-state index in [1.165, 1.54) is 0 Å². The van der Waals surface area contributed by atoms with Crippen LogP contribution < -0.4 is 16.6 Å². The van der Waals surface area contributed by atoms with Gasteiger partial charge in [-0.05, 0) is 6.92 Å². The van der Waals surface area contributed by atoms with Crippen LogP contribution in [-0.4, -0.2) is 9.97 Å². The molecule has 0 aliphatic heterocycles. The molecule has 0 aliphatic rings. The van der Waals surface area contributed by atoms with Crippen molar-refractivity contribution in [2.75, 3.05) is 10.7 Å². The number of anilines is 3. The van der Waals surface area contributed by atoms with Crippen LogP contribution in [0.1, 0.15) is 18.3 Å². The van der Waals surface area contributed by atoms with E-state index in [2.05, 4.69) is 20.7 Å². The Balaban J connectivity index is 2.49. The van der Waals surface area contributed by atoms with Gasteiger partial charge >= 0.3 is 0 Å². The summed E-state index contributed by atoms with van der Waals surface area (Å²) >= 11 is 0. The Hall–Kier alpha value is -2.35. The minimum absolute atomic E-state index is 0.194. The standard InChI is InChI=1S/C13H14F3N5/c1-3-10-18-12(6(2)13(19-10)21-17)20-11-8(15)4-7(14)5-9(11)16/h4-5H,3,17H2,1-2H3,(H2,18,19,20,21). The number of aromatic nitrogens is 2. The van der Waals surface area contributed by atoms with Gasteiger partial charge in [0.05, 0.1) is 0 Å². The van der Waals surface area contributed by atoms with E-state index in [9.17, 15) is 13.2 Å². The fourth-order valence-electron chi connectivity index (χ4n) is 1.76. The van der Waals surface area contributed by atoms with Gasteiger partial charge in [0, 0.05) is 24.1 Å². The molecule has 1 aromatic heterocycles. The highest BCUT2D eigenvalue weighted by Gasteiger charge is 2.15. The van der Waals surface area contributed by atoms with Crippen LogP contribution in [0, 0.1) is 24.4 Å². The van der Waals surface area contributed by atoms with Crippen molar-refractivity contribution >= 4 is 17.3 Å². The number of halogens is 3. The second-order valence-corrected chi connectivity index (χ2v) is 4.33. The van der Waals surface area contributed by atoms with E-state index in [-0.39, 0.29) is 5.82 Å². The first-order valence-corrected chi connectivity index (χ1v) is 6.22. The maximum Gasteiger partial charge on any atom is 0.152 e. The molecule has 21 heavy (non-hydrogen) atoms. The third-order valence-electron chi connectivity index (χ3n) is 2.90. The van der Waals surface area contributed by atoms with E-state index in [1.54, 1.807) is 6.92 Å². The molecule has 0 atom stereocenters. The molecule has 5 nitrogen and oxygen atoms in total. The number of nitrogens with two attached hydrogens (primary N) is 1. The molecule has 4 N–H and O–H groups in total. The van der Waals surface area contributed by atoms with Crippen molar-refractivity contribution in [1.82, 2.24) is 9.97 Å². The maximum atomic E-state index is 13.7. The molecule has 0 bridgehead atoms. The van der Waals surface area contributed by atoms with E-state index >= 15 is 0 Å². The van der Waals surface area contributed by atoms with E-state index in [4.69, 9.17) is 5.84 Å². The van der Waals surface area contributed by atoms with Gasteiger partial charge in [0.2, 0.25) is 0 Å². The van der Waals surface area contributed by atoms with Crippen molar-refractivity contribution in [1.29, 1.82) is 0 Å².